The van der Waals surface area contributed by atoms with E-state index in [2.05, 4.69) is 71.5 Å². The van der Waals surface area contributed by atoms with Gasteiger partial charge in [-0.2, -0.15) is 5.10 Å². The fourth-order valence-corrected chi connectivity index (χ4v) is 3.85. The highest BCUT2D eigenvalue weighted by molar-refractivity contribution is 9.10. The number of rotatable bonds is 4. The van der Waals surface area contributed by atoms with E-state index in [-0.39, 0.29) is 33.9 Å². The zero-order valence-corrected chi connectivity index (χ0v) is 17.8. The summed E-state index contributed by atoms with van der Waals surface area (Å²) in [5.74, 6) is -0.0110. The number of carbonyl (C=O) groups excluding carboxylic acids is 1. The zero-order chi connectivity index (χ0) is 19.8. The van der Waals surface area contributed by atoms with Crippen molar-refractivity contribution < 1.29 is 9.90 Å². The lowest BCUT2D eigenvalue weighted by atomic mass is 9.86. The Kier molecular flexibility index (Phi) is 5.63. The van der Waals surface area contributed by atoms with Crippen molar-refractivity contribution in [3.05, 3.63) is 62.6 Å². The molecular weight excluding hydrogens is 428 g/mol. The molecule has 0 radical (unpaired) electrons. The molecule has 0 bridgehead atoms. The lowest BCUT2D eigenvalue weighted by Crippen LogP contribution is -2.20. The fraction of sp³-hybridized carbons (Fsp3) is 0.333. The lowest BCUT2D eigenvalue weighted by molar-refractivity contribution is -0.122. The molecule has 1 aliphatic rings. The number of nitrogens with zero attached hydrogens (tertiary/aromatic N) is 1. The third kappa shape index (κ3) is 4.71. The third-order valence-corrected chi connectivity index (χ3v) is 5.51. The highest BCUT2D eigenvalue weighted by Crippen LogP contribution is 2.47. The quantitative estimate of drug-likeness (QED) is 0.487. The summed E-state index contributed by atoms with van der Waals surface area (Å²) < 4.78 is 0.721. The molecule has 1 amide bonds. The number of benzene rings is 2. The van der Waals surface area contributed by atoms with E-state index in [1.807, 2.05) is 0 Å². The number of phenolic OH excluding ortho intramolecular Hbond substituents is 1. The van der Waals surface area contributed by atoms with Gasteiger partial charge in [0.2, 0.25) is 5.91 Å². The summed E-state index contributed by atoms with van der Waals surface area (Å²) >= 11 is 9.23. The predicted octanol–water partition coefficient (Wildman–Crippen LogP) is 5.36. The third-order valence-electron chi connectivity index (χ3n) is 4.77. The van der Waals surface area contributed by atoms with Crippen LogP contribution in [0.1, 0.15) is 49.8 Å². The number of halogens is 2. The Morgan fingerprint density at radius 1 is 1.30 bits per heavy atom. The molecule has 0 aromatic heterocycles. The van der Waals surface area contributed by atoms with Gasteiger partial charge in [0.15, 0.2) is 0 Å². The van der Waals surface area contributed by atoms with Gasteiger partial charge in [0, 0.05) is 16.0 Å². The van der Waals surface area contributed by atoms with Crippen LogP contribution in [-0.4, -0.2) is 17.2 Å². The SMILES string of the molecule is CC(C)(C)c1ccc(C2CC2C(=O)NN=Cc2cc(Br)cc(Cl)c2O)cc1. The Morgan fingerprint density at radius 2 is 1.96 bits per heavy atom. The largest absolute Gasteiger partial charge is 0.506 e. The van der Waals surface area contributed by atoms with Crippen LogP contribution in [0.2, 0.25) is 5.02 Å². The highest BCUT2D eigenvalue weighted by Gasteiger charge is 2.44. The first-order valence-corrected chi connectivity index (χ1v) is 9.95. The van der Waals surface area contributed by atoms with E-state index >= 15 is 0 Å². The molecule has 0 aliphatic heterocycles. The van der Waals surface area contributed by atoms with Crippen molar-refractivity contribution in [3.8, 4) is 5.75 Å². The summed E-state index contributed by atoms with van der Waals surface area (Å²) in [4.78, 5) is 12.3. The van der Waals surface area contributed by atoms with Crippen molar-refractivity contribution >= 4 is 39.7 Å². The molecule has 0 spiro atoms. The molecule has 1 saturated carbocycles. The zero-order valence-electron chi connectivity index (χ0n) is 15.5. The minimum Gasteiger partial charge on any atom is -0.506 e. The summed E-state index contributed by atoms with van der Waals surface area (Å²) in [5, 5.41) is 14.1. The Balaban J connectivity index is 1.59. The van der Waals surface area contributed by atoms with Crippen LogP contribution >= 0.6 is 27.5 Å². The molecule has 0 saturated heterocycles. The van der Waals surface area contributed by atoms with E-state index in [0.29, 0.717) is 5.56 Å². The van der Waals surface area contributed by atoms with Gasteiger partial charge in [-0.3, -0.25) is 4.79 Å². The van der Waals surface area contributed by atoms with Crippen molar-refractivity contribution in [1.29, 1.82) is 0 Å². The van der Waals surface area contributed by atoms with Gasteiger partial charge in [0.05, 0.1) is 11.2 Å². The normalized spacial score (nSPS) is 19.3. The average molecular weight is 450 g/mol. The van der Waals surface area contributed by atoms with Crippen molar-refractivity contribution in [3.63, 3.8) is 0 Å². The first kappa shape index (κ1) is 19.9. The summed E-state index contributed by atoms with van der Waals surface area (Å²) in [6, 6.07) is 11.8. The molecule has 2 aromatic rings. The summed E-state index contributed by atoms with van der Waals surface area (Å²) in [5.41, 5.74) is 5.57. The summed E-state index contributed by atoms with van der Waals surface area (Å²) in [7, 11) is 0. The highest BCUT2D eigenvalue weighted by atomic mass is 79.9. The number of nitrogens with one attached hydrogen (secondary N) is 1. The molecule has 1 aliphatic carbocycles. The maximum Gasteiger partial charge on any atom is 0.243 e. The van der Waals surface area contributed by atoms with Gasteiger partial charge in [-0.05, 0) is 41.0 Å². The average Bonchev–Trinajstić information content (AvgIpc) is 3.39. The Hall–Kier alpha value is -1.85. The molecule has 2 aromatic carbocycles. The van der Waals surface area contributed by atoms with Gasteiger partial charge in [0.1, 0.15) is 5.75 Å². The van der Waals surface area contributed by atoms with E-state index in [4.69, 9.17) is 11.6 Å². The van der Waals surface area contributed by atoms with E-state index in [1.54, 1.807) is 12.1 Å². The standard InChI is InChI=1S/C21H22BrClN2O2/c1-21(2,3)14-6-4-12(5-7-14)16-10-17(16)20(27)25-24-11-13-8-15(22)9-18(23)19(13)26/h4-9,11,16-17,26H,10H2,1-3H3,(H,25,27). The van der Waals surface area contributed by atoms with Crippen LogP contribution in [0.4, 0.5) is 0 Å². The Bertz CT molecular complexity index is 888. The van der Waals surface area contributed by atoms with Crippen molar-refractivity contribution in [2.24, 2.45) is 11.0 Å². The number of amides is 1. The van der Waals surface area contributed by atoms with Crippen molar-refractivity contribution in [1.82, 2.24) is 5.43 Å². The summed E-state index contributed by atoms with van der Waals surface area (Å²) in [6.07, 6.45) is 2.21. The number of phenols is 1. The molecule has 3 rings (SSSR count). The van der Waals surface area contributed by atoms with Crippen LogP contribution in [0.25, 0.3) is 0 Å². The van der Waals surface area contributed by atoms with E-state index in [1.165, 1.54) is 17.3 Å². The first-order chi connectivity index (χ1) is 12.7. The number of carbonyl (C=O) groups is 1. The van der Waals surface area contributed by atoms with Crippen LogP contribution < -0.4 is 5.43 Å². The minimum absolute atomic E-state index is 0.0673. The van der Waals surface area contributed by atoms with Crippen molar-refractivity contribution in [2.75, 3.05) is 0 Å². The van der Waals surface area contributed by atoms with Crippen LogP contribution in [0.15, 0.2) is 46.0 Å². The number of hydrogen-bond acceptors (Lipinski definition) is 3. The molecule has 0 heterocycles. The van der Waals surface area contributed by atoms with Gasteiger partial charge in [-0.25, -0.2) is 5.43 Å². The Labute approximate surface area is 172 Å². The van der Waals surface area contributed by atoms with Crippen LogP contribution in [-0.2, 0) is 10.2 Å². The van der Waals surface area contributed by atoms with Crippen LogP contribution in [0.3, 0.4) is 0 Å². The first-order valence-electron chi connectivity index (χ1n) is 8.78. The molecule has 2 atom stereocenters. The number of aromatic hydroxyl groups is 1. The topological polar surface area (TPSA) is 61.7 Å². The fourth-order valence-electron chi connectivity index (χ4n) is 3.02. The molecule has 27 heavy (non-hydrogen) atoms. The second-order valence-electron chi connectivity index (χ2n) is 7.88. The smallest absolute Gasteiger partial charge is 0.243 e. The monoisotopic (exact) mass is 448 g/mol. The molecule has 4 nitrogen and oxygen atoms in total. The molecule has 6 heteroatoms. The van der Waals surface area contributed by atoms with Crippen molar-refractivity contribution in [2.45, 2.75) is 38.5 Å². The lowest BCUT2D eigenvalue weighted by Gasteiger charge is -2.19. The van der Waals surface area contributed by atoms with E-state index in [9.17, 15) is 9.90 Å². The van der Waals surface area contributed by atoms with E-state index < -0.39 is 0 Å². The maximum atomic E-state index is 12.3. The Morgan fingerprint density at radius 3 is 2.59 bits per heavy atom. The molecule has 142 valence electrons. The maximum absolute atomic E-state index is 12.3. The van der Waals surface area contributed by atoms with E-state index in [0.717, 1.165) is 10.9 Å². The molecular formula is C21H22BrClN2O2. The van der Waals surface area contributed by atoms with Crippen LogP contribution in [0.5, 0.6) is 5.75 Å². The molecule has 2 N–H and O–H groups in total. The van der Waals surface area contributed by atoms with Gasteiger partial charge >= 0.3 is 0 Å². The molecule has 2 unspecified atom stereocenters. The second-order valence-corrected chi connectivity index (χ2v) is 9.20. The van der Waals surface area contributed by atoms with Gasteiger partial charge in [0.25, 0.3) is 0 Å². The van der Waals surface area contributed by atoms with Gasteiger partial charge in [-0.1, -0.05) is 72.6 Å². The second kappa shape index (κ2) is 7.64. The van der Waals surface area contributed by atoms with Gasteiger partial charge < -0.3 is 5.11 Å². The number of hydrogen-bond donors (Lipinski definition) is 2. The predicted molar refractivity (Wildman–Crippen MR) is 113 cm³/mol. The molecule has 1 fully saturated rings. The van der Waals surface area contributed by atoms with Crippen LogP contribution in [0, 0.1) is 5.92 Å². The number of hydrazone groups is 1. The summed E-state index contributed by atoms with van der Waals surface area (Å²) in [6.45, 7) is 6.55. The van der Waals surface area contributed by atoms with Gasteiger partial charge in [-0.15, -0.1) is 0 Å². The minimum atomic E-state index is -0.114.